The molecule has 0 spiro atoms. The summed E-state index contributed by atoms with van der Waals surface area (Å²) in [6.45, 7) is -0.0415. The van der Waals surface area contributed by atoms with E-state index in [4.69, 9.17) is 11.6 Å². The Labute approximate surface area is 129 Å². The van der Waals surface area contributed by atoms with E-state index in [9.17, 15) is 13.2 Å². The quantitative estimate of drug-likeness (QED) is 0.873. The van der Waals surface area contributed by atoms with Crippen LogP contribution in [0.2, 0.25) is 5.15 Å². The molecule has 2 aromatic rings. The van der Waals surface area contributed by atoms with E-state index in [-0.39, 0.29) is 17.3 Å². The average Bonchev–Trinajstić information content (AvgIpc) is 3.18. The SMILES string of the molecule is Cn1cc(CNc2cc(Cl)nc(C3CC3)n2)c(C(F)(F)F)n1. The van der Waals surface area contributed by atoms with Crippen LogP contribution >= 0.6 is 11.6 Å². The monoisotopic (exact) mass is 331 g/mol. The second-order valence-corrected chi connectivity index (χ2v) is 5.62. The van der Waals surface area contributed by atoms with Crippen LogP contribution in [0.4, 0.5) is 19.0 Å². The third-order valence-corrected chi connectivity index (χ3v) is 3.48. The molecule has 5 nitrogen and oxygen atoms in total. The second kappa shape index (κ2) is 5.42. The van der Waals surface area contributed by atoms with Crippen molar-refractivity contribution in [1.29, 1.82) is 0 Å². The van der Waals surface area contributed by atoms with Gasteiger partial charge in [-0.3, -0.25) is 4.68 Å². The van der Waals surface area contributed by atoms with Crippen LogP contribution in [-0.2, 0) is 19.8 Å². The van der Waals surface area contributed by atoms with E-state index in [1.165, 1.54) is 19.3 Å². The maximum atomic E-state index is 12.9. The summed E-state index contributed by atoms with van der Waals surface area (Å²) in [5.41, 5.74) is -0.845. The van der Waals surface area contributed by atoms with Gasteiger partial charge in [0.2, 0.25) is 0 Å². The fourth-order valence-electron chi connectivity index (χ4n) is 2.14. The Bertz CT molecular complexity index is 693. The Morgan fingerprint density at radius 2 is 2.09 bits per heavy atom. The number of rotatable bonds is 4. The van der Waals surface area contributed by atoms with Crippen LogP contribution in [-0.4, -0.2) is 19.7 Å². The van der Waals surface area contributed by atoms with Gasteiger partial charge in [0.05, 0.1) is 0 Å². The molecule has 0 saturated heterocycles. The molecule has 118 valence electrons. The van der Waals surface area contributed by atoms with Crippen LogP contribution in [0.5, 0.6) is 0 Å². The van der Waals surface area contributed by atoms with Crippen molar-refractivity contribution in [3.8, 4) is 0 Å². The zero-order valence-corrected chi connectivity index (χ0v) is 12.4. The summed E-state index contributed by atoms with van der Waals surface area (Å²) in [5, 5.41) is 6.60. The topological polar surface area (TPSA) is 55.6 Å². The molecular formula is C13H13ClF3N5. The lowest BCUT2D eigenvalue weighted by molar-refractivity contribution is -0.142. The number of halogens is 4. The van der Waals surface area contributed by atoms with E-state index in [1.807, 2.05) is 0 Å². The molecular weight excluding hydrogens is 319 g/mol. The van der Waals surface area contributed by atoms with Gasteiger partial charge >= 0.3 is 6.18 Å². The van der Waals surface area contributed by atoms with Crippen molar-refractivity contribution >= 4 is 17.4 Å². The number of nitrogens with one attached hydrogen (secondary N) is 1. The summed E-state index contributed by atoms with van der Waals surface area (Å²) in [4.78, 5) is 8.42. The summed E-state index contributed by atoms with van der Waals surface area (Å²) in [6.07, 6.45) is -1.12. The van der Waals surface area contributed by atoms with E-state index >= 15 is 0 Å². The number of aromatic nitrogens is 4. The van der Waals surface area contributed by atoms with Crippen LogP contribution in [0.15, 0.2) is 12.3 Å². The normalized spacial score (nSPS) is 15.1. The smallest absolute Gasteiger partial charge is 0.366 e. The van der Waals surface area contributed by atoms with Crippen LogP contribution in [0.3, 0.4) is 0 Å². The first kappa shape index (κ1) is 15.1. The van der Waals surface area contributed by atoms with Crippen molar-refractivity contribution in [2.45, 2.75) is 31.5 Å². The third-order valence-electron chi connectivity index (χ3n) is 3.29. The molecule has 1 N–H and O–H groups in total. The molecule has 0 unspecified atom stereocenters. The van der Waals surface area contributed by atoms with Gasteiger partial charge in [-0.1, -0.05) is 11.6 Å². The summed E-state index contributed by atoms with van der Waals surface area (Å²) >= 11 is 5.92. The van der Waals surface area contributed by atoms with Crippen molar-refractivity contribution in [2.75, 3.05) is 5.32 Å². The Balaban J connectivity index is 1.78. The molecule has 1 aliphatic rings. The first-order valence-electron chi connectivity index (χ1n) is 6.71. The molecule has 0 aromatic carbocycles. The van der Waals surface area contributed by atoms with Crippen molar-refractivity contribution in [2.24, 2.45) is 7.05 Å². The molecule has 3 rings (SSSR count). The van der Waals surface area contributed by atoms with Gasteiger partial charge in [-0.25, -0.2) is 9.97 Å². The van der Waals surface area contributed by atoms with Crippen molar-refractivity contribution < 1.29 is 13.2 Å². The Morgan fingerprint density at radius 1 is 1.36 bits per heavy atom. The van der Waals surface area contributed by atoms with E-state index < -0.39 is 11.9 Å². The van der Waals surface area contributed by atoms with E-state index in [0.29, 0.717) is 17.6 Å². The molecule has 2 aromatic heterocycles. The highest BCUT2D eigenvalue weighted by Crippen LogP contribution is 2.38. The van der Waals surface area contributed by atoms with Gasteiger partial charge in [-0.05, 0) is 12.8 Å². The molecule has 1 saturated carbocycles. The molecule has 9 heteroatoms. The molecule has 0 aliphatic heterocycles. The Kier molecular flexibility index (Phi) is 3.72. The summed E-state index contributed by atoms with van der Waals surface area (Å²) in [7, 11) is 1.45. The summed E-state index contributed by atoms with van der Waals surface area (Å²) in [6, 6.07) is 1.50. The van der Waals surface area contributed by atoms with Crippen LogP contribution in [0.1, 0.15) is 35.8 Å². The molecule has 1 aliphatic carbocycles. The highest BCUT2D eigenvalue weighted by Gasteiger charge is 2.36. The van der Waals surface area contributed by atoms with E-state index in [1.54, 1.807) is 0 Å². The Hall–Kier alpha value is -1.83. The minimum atomic E-state index is -4.49. The highest BCUT2D eigenvalue weighted by molar-refractivity contribution is 6.29. The lowest BCUT2D eigenvalue weighted by atomic mass is 10.2. The Morgan fingerprint density at radius 3 is 2.73 bits per heavy atom. The maximum Gasteiger partial charge on any atom is 0.435 e. The van der Waals surface area contributed by atoms with Gasteiger partial charge in [-0.2, -0.15) is 18.3 Å². The van der Waals surface area contributed by atoms with Gasteiger partial charge in [0, 0.05) is 37.3 Å². The minimum absolute atomic E-state index is 0.0415. The number of nitrogens with zero attached hydrogens (tertiary/aromatic N) is 4. The molecule has 0 bridgehead atoms. The summed E-state index contributed by atoms with van der Waals surface area (Å²) in [5.74, 6) is 1.36. The lowest BCUT2D eigenvalue weighted by Gasteiger charge is -2.09. The van der Waals surface area contributed by atoms with Crippen molar-refractivity contribution in [1.82, 2.24) is 19.7 Å². The predicted molar refractivity (Wildman–Crippen MR) is 74.6 cm³/mol. The number of aryl methyl sites for hydroxylation is 1. The molecule has 0 atom stereocenters. The molecule has 0 radical (unpaired) electrons. The maximum absolute atomic E-state index is 12.9. The second-order valence-electron chi connectivity index (χ2n) is 5.24. The predicted octanol–water partition coefficient (Wildman–Crippen LogP) is 3.37. The average molecular weight is 332 g/mol. The first-order chi connectivity index (χ1) is 10.3. The molecule has 22 heavy (non-hydrogen) atoms. The van der Waals surface area contributed by atoms with Gasteiger partial charge in [0.15, 0.2) is 5.69 Å². The fraction of sp³-hybridized carbons (Fsp3) is 0.462. The van der Waals surface area contributed by atoms with Gasteiger partial charge in [-0.15, -0.1) is 0 Å². The lowest BCUT2D eigenvalue weighted by Crippen LogP contribution is -2.12. The highest BCUT2D eigenvalue weighted by atomic mass is 35.5. The van der Waals surface area contributed by atoms with Gasteiger partial charge < -0.3 is 5.32 Å². The number of hydrogen-bond acceptors (Lipinski definition) is 4. The van der Waals surface area contributed by atoms with E-state index in [0.717, 1.165) is 17.5 Å². The third kappa shape index (κ3) is 3.32. The molecule has 1 fully saturated rings. The number of hydrogen-bond donors (Lipinski definition) is 1. The number of anilines is 1. The zero-order valence-electron chi connectivity index (χ0n) is 11.7. The van der Waals surface area contributed by atoms with Crippen molar-refractivity contribution in [3.63, 3.8) is 0 Å². The molecule has 2 heterocycles. The summed E-state index contributed by atoms with van der Waals surface area (Å²) < 4.78 is 39.8. The number of alkyl halides is 3. The van der Waals surface area contributed by atoms with Crippen molar-refractivity contribution in [3.05, 3.63) is 34.5 Å². The van der Waals surface area contributed by atoms with E-state index in [2.05, 4.69) is 20.4 Å². The van der Waals surface area contributed by atoms with Crippen LogP contribution in [0, 0.1) is 0 Å². The minimum Gasteiger partial charge on any atom is -0.366 e. The fourth-order valence-corrected chi connectivity index (χ4v) is 2.33. The largest absolute Gasteiger partial charge is 0.435 e. The van der Waals surface area contributed by atoms with Crippen LogP contribution < -0.4 is 5.32 Å². The van der Waals surface area contributed by atoms with Crippen LogP contribution in [0.25, 0.3) is 0 Å². The standard InChI is InChI=1S/C13H13ClF3N5/c1-22-6-8(11(21-22)13(15,16)17)5-18-10-4-9(14)19-12(20-10)7-2-3-7/h4,6-7H,2-3,5H2,1H3,(H,18,19,20). The zero-order chi connectivity index (χ0) is 15.9. The van der Waals surface area contributed by atoms with Gasteiger partial charge in [0.1, 0.15) is 16.8 Å². The molecule has 0 amide bonds. The van der Waals surface area contributed by atoms with Gasteiger partial charge in [0.25, 0.3) is 0 Å². The first-order valence-corrected chi connectivity index (χ1v) is 7.09.